The van der Waals surface area contributed by atoms with E-state index in [2.05, 4.69) is 21.2 Å². The van der Waals surface area contributed by atoms with Gasteiger partial charge in [-0.15, -0.1) is 11.3 Å². The first-order chi connectivity index (χ1) is 9.38. The van der Waals surface area contributed by atoms with E-state index in [-0.39, 0.29) is 11.5 Å². The van der Waals surface area contributed by atoms with E-state index in [4.69, 9.17) is 5.11 Å². The molecule has 0 bridgehead atoms. The van der Waals surface area contributed by atoms with E-state index in [0.29, 0.717) is 16.1 Å². The zero-order chi connectivity index (χ0) is 14.9. The molecule has 0 radical (unpaired) electrons. The molecule has 0 spiro atoms. The molecular formula is C14H12BrNO3S. The number of hydrogen-bond donors (Lipinski definition) is 2. The van der Waals surface area contributed by atoms with Crippen molar-refractivity contribution in [3.8, 4) is 0 Å². The van der Waals surface area contributed by atoms with Crippen LogP contribution in [0.15, 0.2) is 28.1 Å². The molecule has 1 aromatic heterocycles. The van der Waals surface area contributed by atoms with Gasteiger partial charge in [-0.2, -0.15) is 0 Å². The fourth-order valence-corrected chi connectivity index (χ4v) is 3.12. The minimum Gasteiger partial charge on any atom is -0.478 e. The SMILES string of the molecule is Cc1ccc(NC(=O)c2cc(C)c(Br)s2)cc1C(=O)O. The van der Waals surface area contributed by atoms with Crippen LogP contribution in [0, 0.1) is 13.8 Å². The molecule has 1 aromatic carbocycles. The van der Waals surface area contributed by atoms with Crippen LogP contribution in [0.3, 0.4) is 0 Å². The van der Waals surface area contributed by atoms with Crippen molar-refractivity contribution < 1.29 is 14.7 Å². The van der Waals surface area contributed by atoms with E-state index in [1.807, 2.05) is 6.92 Å². The number of aryl methyl sites for hydroxylation is 2. The van der Waals surface area contributed by atoms with Crippen LogP contribution in [-0.4, -0.2) is 17.0 Å². The van der Waals surface area contributed by atoms with E-state index < -0.39 is 5.97 Å². The number of thiophene rings is 1. The molecule has 6 heteroatoms. The molecule has 104 valence electrons. The van der Waals surface area contributed by atoms with E-state index in [0.717, 1.165) is 9.35 Å². The number of nitrogens with one attached hydrogen (secondary N) is 1. The molecule has 1 amide bonds. The van der Waals surface area contributed by atoms with Crippen LogP contribution in [0.4, 0.5) is 5.69 Å². The summed E-state index contributed by atoms with van der Waals surface area (Å²) >= 11 is 4.71. The second-order valence-corrected chi connectivity index (χ2v) is 6.73. The highest BCUT2D eigenvalue weighted by molar-refractivity contribution is 9.11. The highest BCUT2D eigenvalue weighted by Gasteiger charge is 2.13. The van der Waals surface area contributed by atoms with Crippen molar-refractivity contribution in [2.45, 2.75) is 13.8 Å². The number of carbonyl (C=O) groups excluding carboxylic acids is 1. The molecule has 0 fully saturated rings. The van der Waals surface area contributed by atoms with Crippen molar-refractivity contribution in [2.24, 2.45) is 0 Å². The van der Waals surface area contributed by atoms with Crippen molar-refractivity contribution in [3.05, 3.63) is 49.6 Å². The molecule has 0 saturated carbocycles. The fourth-order valence-electron chi connectivity index (χ4n) is 1.69. The third-order valence-corrected chi connectivity index (χ3v) is 4.94. The minimum atomic E-state index is -1.01. The first-order valence-electron chi connectivity index (χ1n) is 5.79. The molecule has 0 aliphatic rings. The summed E-state index contributed by atoms with van der Waals surface area (Å²) in [6.45, 7) is 3.63. The van der Waals surface area contributed by atoms with Gasteiger partial charge in [0.2, 0.25) is 0 Å². The van der Waals surface area contributed by atoms with Gasteiger partial charge in [0.25, 0.3) is 5.91 Å². The van der Waals surface area contributed by atoms with Crippen LogP contribution in [0.2, 0.25) is 0 Å². The molecular weight excluding hydrogens is 342 g/mol. The molecule has 2 rings (SSSR count). The van der Waals surface area contributed by atoms with Crippen LogP contribution in [-0.2, 0) is 0 Å². The lowest BCUT2D eigenvalue weighted by Crippen LogP contribution is -2.11. The molecule has 2 aromatic rings. The summed E-state index contributed by atoms with van der Waals surface area (Å²) in [6, 6.07) is 6.62. The maximum Gasteiger partial charge on any atom is 0.336 e. The Labute approximate surface area is 128 Å². The van der Waals surface area contributed by atoms with E-state index in [1.54, 1.807) is 25.1 Å². The number of aromatic carboxylic acids is 1. The standard InChI is InChI=1S/C14H12BrNO3S/c1-7-3-4-9(6-10(7)14(18)19)16-13(17)11-5-8(2)12(15)20-11/h3-6H,1-2H3,(H,16,17)(H,18,19). The Morgan fingerprint density at radius 1 is 1.20 bits per heavy atom. The maximum atomic E-state index is 12.1. The molecule has 4 nitrogen and oxygen atoms in total. The number of rotatable bonds is 3. The predicted octanol–water partition coefficient (Wildman–Crippen LogP) is 4.08. The topological polar surface area (TPSA) is 66.4 Å². The van der Waals surface area contributed by atoms with Gasteiger partial charge in [0.05, 0.1) is 14.2 Å². The van der Waals surface area contributed by atoms with Crippen LogP contribution in [0.25, 0.3) is 0 Å². The van der Waals surface area contributed by atoms with Gasteiger partial charge in [-0.3, -0.25) is 4.79 Å². The van der Waals surface area contributed by atoms with E-state index in [9.17, 15) is 9.59 Å². The monoisotopic (exact) mass is 353 g/mol. The number of anilines is 1. The second-order valence-electron chi connectivity index (χ2n) is 4.36. The summed E-state index contributed by atoms with van der Waals surface area (Å²) < 4.78 is 0.915. The van der Waals surface area contributed by atoms with Crippen molar-refractivity contribution in [1.29, 1.82) is 0 Å². The lowest BCUT2D eigenvalue weighted by molar-refractivity contribution is 0.0695. The average Bonchev–Trinajstić information content (AvgIpc) is 2.72. The lowest BCUT2D eigenvalue weighted by atomic mass is 10.1. The number of amides is 1. The van der Waals surface area contributed by atoms with E-state index >= 15 is 0 Å². The van der Waals surface area contributed by atoms with Gasteiger partial charge < -0.3 is 10.4 Å². The molecule has 20 heavy (non-hydrogen) atoms. The molecule has 2 N–H and O–H groups in total. The van der Waals surface area contributed by atoms with Crippen LogP contribution < -0.4 is 5.32 Å². The Balaban J connectivity index is 2.24. The molecule has 0 aliphatic carbocycles. The van der Waals surface area contributed by atoms with Crippen LogP contribution in [0.1, 0.15) is 31.2 Å². The normalized spacial score (nSPS) is 10.3. The Kier molecular flexibility index (Phi) is 4.25. The fraction of sp³-hybridized carbons (Fsp3) is 0.143. The molecule has 0 unspecified atom stereocenters. The third-order valence-electron chi connectivity index (χ3n) is 2.81. The largest absolute Gasteiger partial charge is 0.478 e. The number of hydrogen-bond acceptors (Lipinski definition) is 3. The minimum absolute atomic E-state index is 0.186. The number of carboxylic acids is 1. The van der Waals surface area contributed by atoms with Gasteiger partial charge in [0, 0.05) is 5.69 Å². The third kappa shape index (κ3) is 3.08. The van der Waals surface area contributed by atoms with Gasteiger partial charge in [0.1, 0.15) is 0 Å². The molecule has 1 heterocycles. The number of carbonyl (C=O) groups is 2. The lowest BCUT2D eigenvalue weighted by Gasteiger charge is -2.06. The number of halogens is 1. The average molecular weight is 354 g/mol. The first kappa shape index (κ1) is 14.7. The Hall–Kier alpha value is -1.66. The maximum absolute atomic E-state index is 12.1. The number of benzene rings is 1. The molecule has 0 atom stereocenters. The van der Waals surface area contributed by atoms with E-state index in [1.165, 1.54) is 17.4 Å². The second kappa shape index (κ2) is 5.76. The van der Waals surface area contributed by atoms with Crippen molar-refractivity contribution in [2.75, 3.05) is 5.32 Å². The summed E-state index contributed by atoms with van der Waals surface area (Å²) in [5.74, 6) is -1.25. The quantitative estimate of drug-likeness (QED) is 0.873. The Morgan fingerprint density at radius 2 is 1.90 bits per heavy atom. The Bertz CT molecular complexity index is 674. The first-order valence-corrected chi connectivity index (χ1v) is 7.40. The highest BCUT2D eigenvalue weighted by atomic mass is 79.9. The summed E-state index contributed by atoms with van der Waals surface area (Å²) in [5, 5.41) is 11.8. The van der Waals surface area contributed by atoms with Crippen molar-refractivity contribution in [1.82, 2.24) is 0 Å². The zero-order valence-corrected chi connectivity index (χ0v) is 13.3. The van der Waals surface area contributed by atoms with Gasteiger partial charge in [-0.25, -0.2) is 4.79 Å². The predicted molar refractivity (Wildman–Crippen MR) is 82.8 cm³/mol. The van der Waals surface area contributed by atoms with Gasteiger partial charge in [-0.05, 0) is 59.1 Å². The van der Waals surface area contributed by atoms with Crippen LogP contribution in [0.5, 0.6) is 0 Å². The van der Waals surface area contributed by atoms with Gasteiger partial charge in [-0.1, -0.05) is 6.07 Å². The molecule has 0 saturated heterocycles. The highest BCUT2D eigenvalue weighted by Crippen LogP contribution is 2.28. The van der Waals surface area contributed by atoms with Crippen molar-refractivity contribution >= 4 is 44.8 Å². The zero-order valence-electron chi connectivity index (χ0n) is 10.9. The number of carboxylic acid groups (broad SMARTS) is 1. The van der Waals surface area contributed by atoms with Crippen LogP contribution >= 0.6 is 27.3 Å². The summed E-state index contributed by atoms with van der Waals surface area (Å²) in [4.78, 5) is 23.7. The van der Waals surface area contributed by atoms with Crippen molar-refractivity contribution in [3.63, 3.8) is 0 Å². The Morgan fingerprint density at radius 3 is 2.45 bits per heavy atom. The smallest absolute Gasteiger partial charge is 0.336 e. The van der Waals surface area contributed by atoms with Gasteiger partial charge >= 0.3 is 5.97 Å². The summed E-state index contributed by atoms with van der Waals surface area (Å²) in [5.41, 5.74) is 2.31. The summed E-state index contributed by atoms with van der Waals surface area (Å²) in [7, 11) is 0. The van der Waals surface area contributed by atoms with Gasteiger partial charge in [0.15, 0.2) is 0 Å². The summed E-state index contributed by atoms with van der Waals surface area (Å²) in [6.07, 6.45) is 0. The molecule has 0 aliphatic heterocycles.